The lowest BCUT2D eigenvalue weighted by Crippen LogP contribution is -2.51. The van der Waals surface area contributed by atoms with Gasteiger partial charge < -0.3 is 9.53 Å². The summed E-state index contributed by atoms with van der Waals surface area (Å²) in [4.78, 5) is 11.2. The highest BCUT2D eigenvalue weighted by atomic mass is 28.4. The van der Waals surface area contributed by atoms with Crippen molar-refractivity contribution in [2.45, 2.75) is 84.0 Å². The van der Waals surface area contributed by atoms with Crippen molar-refractivity contribution in [1.29, 1.82) is 0 Å². The van der Waals surface area contributed by atoms with Crippen molar-refractivity contribution in [2.75, 3.05) is 0 Å². The topological polar surface area (TPSA) is 70.0 Å². The van der Waals surface area contributed by atoms with Crippen LogP contribution in [0.1, 0.15) is 34.1 Å². The molecule has 2 atom stereocenters. The molecule has 0 aliphatic carbocycles. The van der Waals surface area contributed by atoms with E-state index in [1.165, 1.54) is 0 Å². The van der Waals surface area contributed by atoms with Gasteiger partial charge in [-0.2, -0.15) is 5.06 Å². The van der Waals surface area contributed by atoms with Crippen LogP contribution in [-0.2, 0) is 4.43 Å². The summed E-state index contributed by atoms with van der Waals surface area (Å²) in [7, 11) is -3.60. The van der Waals surface area contributed by atoms with Gasteiger partial charge in [-0.25, -0.2) is 4.79 Å². The number of rotatable bonds is 5. The van der Waals surface area contributed by atoms with Gasteiger partial charge in [0.15, 0.2) is 8.32 Å². The molecule has 134 valence electrons. The molecule has 0 heterocycles. The average molecular weight is 360 g/mol. The first-order valence-electron chi connectivity index (χ1n) is 7.97. The molecule has 0 fully saturated rings. The summed E-state index contributed by atoms with van der Waals surface area (Å²) in [5.74, 6) is 3.05. The molecule has 0 aliphatic rings. The van der Waals surface area contributed by atoms with E-state index in [4.69, 9.17) is 9.53 Å². The summed E-state index contributed by atoms with van der Waals surface area (Å²) in [5, 5.41) is 19.4. The molecule has 0 bridgehead atoms. The number of hydroxylamine groups is 2. The predicted octanol–water partition coefficient (Wildman–Crippen LogP) is 4.41. The molecule has 5 nitrogen and oxygen atoms in total. The molecular weight excluding hydrogens is 326 g/mol. The van der Waals surface area contributed by atoms with E-state index >= 15 is 0 Å². The quantitative estimate of drug-likeness (QED) is 0.330. The van der Waals surface area contributed by atoms with Crippen molar-refractivity contribution < 1.29 is 19.5 Å². The molecule has 0 rings (SSSR count). The highest BCUT2D eigenvalue weighted by Gasteiger charge is 2.41. The van der Waals surface area contributed by atoms with Crippen molar-refractivity contribution in [3.63, 3.8) is 0 Å². The van der Waals surface area contributed by atoms with Crippen molar-refractivity contribution >= 4 is 22.5 Å². The Kier molecular flexibility index (Phi) is 7.56. The summed E-state index contributed by atoms with van der Waals surface area (Å²) in [6, 6.07) is -0.689. The highest BCUT2D eigenvalue weighted by Crippen LogP contribution is 2.38. The van der Waals surface area contributed by atoms with Crippen LogP contribution in [0.5, 0.6) is 0 Å². The third-order valence-electron chi connectivity index (χ3n) is 4.11. The van der Waals surface area contributed by atoms with Gasteiger partial charge in [0.25, 0.3) is 0 Å². The smallest absolute Gasteiger partial charge is 0.431 e. The number of carboxylic acid groups (broad SMARTS) is 1. The minimum atomic E-state index is -2.06. The van der Waals surface area contributed by atoms with Crippen LogP contribution in [0.15, 0.2) is 0 Å². The van der Waals surface area contributed by atoms with Crippen LogP contribution < -0.4 is 0 Å². The molecule has 0 aromatic heterocycles. The Labute approximate surface area is 143 Å². The summed E-state index contributed by atoms with van der Waals surface area (Å²) < 4.78 is 6.24. The molecule has 0 unspecified atom stereocenters. The fraction of sp³-hybridized carbons (Fsp3) is 0.812. The molecule has 0 radical (unpaired) electrons. The number of amides is 1. The van der Waals surface area contributed by atoms with Gasteiger partial charge in [0, 0.05) is 6.42 Å². The minimum Gasteiger partial charge on any atom is -0.463 e. The van der Waals surface area contributed by atoms with Gasteiger partial charge in [-0.1, -0.05) is 40.4 Å². The molecule has 0 spiro atoms. The van der Waals surface area contributed by atoms with Gasteiger partial charge in [0.1, 0.15) is 8.07 Å². The maximum absolute atomic E-state index is 11.2. The van der Waals surface area contributed by atoms with E-state index in [0.29, 0.717) is 5.06 Å². The number of hydrogen-bond acceptors (Lipinski definition) is 3. The van der Waals surface area contributed by atoms with Gasteiger partial charge in [0.2, 0.25) is 0 Å². The van der Waals surface area contributed by atoms with Crippen molar-refractivity contribution in [3.05, 3.63) is 0 Å². The summed E-state index contributed by atoms with van der Waals surface area (Å²) in [6.07, 6.45) is -1.54. The molecule has 0 aliphatic heterocycles. The van der Waals surface area contributed by atoms with Crippen molar-refractivity contribution in [1.82, 2.24) is 5.06 Å². The third-order valence-corrected chi connectivity index (χ3v) is 9.61. The largest absolute Gasteiger partial charge is 0.463 e. The lowest BCUT2D eigenvalue weighted by Gasteiger charge is -2.41. The molecule has 23 heavy (non-hydrogen) atoms. The van der Waals surface area contributed by atoms with Crippen LogP contribution in [0, 0.1) is 11.5 Å². The van der Waals surface area contributed by atoms with Crippen LogP contribution in [0.25, 0.3) is 0 Å². The Morgan fingerprint density at radius 1 is 1.22 bits per heavy atom. The zero-order valence-corrected chi connectivity index (χ0v) is 18.0. The van der Waals surface area contributed by atoms with E-state index in [0.717, 1.165) is 0 Å². The number of nitrogens with zero attached hydrogens (tertiary/aromatic N) is 1. The van der Waals surface area contributed by atoms with Crippen molar-refractivity contribution in [2.24, 2.45) is 0 Å². The zero-order chi connectivity index (χ0) is 18.6. The molecule has 0 saturated heterocycles. The van der Waals surface area contributed by atoms with Gasteiger partial charge in [-0.3, -0.25) is 5.21 Å². The lowest BCUT2D eigenvalue weighted by atomic mass is 10.1. The second kappa shape index (κ2) is 7.84. The lowest BCUT2D eigenvalue weighted by molar-refractivity contribution is -0.119. The van der Waals surface area contributed by atoms with E-state index in [9.17, 15) is 10.0 Å². The van der Waals surface area contributed by atoms with Gasteiger partial charge >= 0.3 is 6.09 Å². The number of carbonyl (C=O) groups is 1. The Bertz CT molecular complexity index is 469. The summed E-state index contributed by atoms with van der Waals surface area (Å²) >= 11 is 0. The molecule has 0 saturated carbocycles. The van der Waals surface area contributed by atoms with Gasteiger partial charge in [-0.15, -0.1) is 11.5 Å². The van der Waals surface area contributed by atoms with E-state index in [2.05, 4.69) is 65.0 Å². The average Bonchev–Trinajstić information content (AvgIpc) is 2.30. The van der Waals surface area contributed by atoms with E-state index < -0.39 is 34.6 Å². The van der Waals surface area contributed by atoms with Crippen LogP contribution in [0.2, 0.25) is 37.8 Å². The second-order valence-corrected chi connectivity index (χ2v) is 18.0. The molecular formula is C16H33NO4Si2. The van der Waals surface area contributed by atoms with Crippen LogP contribution in [-0.4, -0.2) is 50.0 Å². The molecule has 1 amide bonds. The fourth-order valence-electron chi connectivity index (χ4n) is 1.73. The Balaban J connectivity index is 5.28. The monoisotopic (exact) mass is 359 g/mol. The van der Waals surface area contributed by atoms with Crippen LogP contribution in [0.4, 0.5) is 4.79 Å². The SMILES string of the molecule is C[C@H](O[Si](C)(C)C(C)(C)C)[C@H](CC#C[Si](C)(C)C)N(O)C(=O)O. The first-order chi connectivity index (χ1) is 10.1. The van der Waals surface area contributed by atoms with E-state index in [-0.39, 0.29) is 11.5 Å². The molecule has 0 aromatic rings. The van der Waals surface area contributed by atoms with Crippen molar-refractivity contribution in [3.8, 4) is 11.5 Å². The Hall–Kier alpha value is -0.816. The van der Waals surface area contributed by atoms with E-state index in [1.807, 2.05) is 6.92 Å². The predicted molar refractivity (Wildman–Crippen MR) is 98.9 cm³/mol. The summed E-state index contributed by atoms with van der Waals surface area (Å²) in [5.41, 5.74) is 3.21. The highest BCUT2D eigenvalue weighted by molar-refractivity contribution is 6.83. The maximum atomic E-state index is 11.2. The molecule has 7 heteroatoms. The normalized spacial score (nSPS) is 15.4. The Morgan fingerprint density at radius 3 is 2.04 bits per heavy atom. The minimum absolute atomic E-state index is 0.0132. The molecule has 0 aromatic carbocycles. The van der Waals surface area contributed by atoms with Crippen LogP contribution in [0.3, 0.4) is 0 Å². The first kappa shape index (κ1) is 22.2. The standard InChI is InChI=1S/C16H33NO4Si2/c1-13(21-23(8,9)16(2,3)4)14(17(20)15(18)19)11-10-12-22(5,6)7/h13-14,20H,11H2,1-9H3,(H,18,19)/t13-,14-/m0/s1. The summed E-state index contributed by atoms with van der Waals surface area (Å²) in [6.45, 7) is 18.8. The first-order valence-corrected chi connectivity index (χ1v) is 14.4. The van der Waals surface area contributed by atoms with Gasteiger partial charge in [0.05, 0.1) is 12.1 Å². The van der Waals surface area contributed by atoms with Gasteiger partial charge in [-0.05, 0) is 25.1 Å². The second-order valence-electron chi connectivity index (χ2n) is 8.53. The van der Waals surface area contributed by atoms with Crippen LogP contribution >= 0.6 is 0 Å². The molecule has 2 N–H and O–H groups in total. The third kappa shape index (κ3) is 7.53. The zero-order valence-electron chi connectivity index (χ0n) is 16.0. The fourth-order valence-corrected chi connectivity index (χ4v) is 3.81. The maximum Gasteiger partial charge on any atom is 0.431 e. The van der Waals surface area contributed by atoms with E-state index in [1.54, 1.807) is 0 Å². The Morgan fingerprint density at radius 2 is 1.70 bits per heavy atom. The number of hydrogen-bond donors (Lipinski definition) is 2.